The van der Waals surface area contributed by atoms with E-state index >= 15 is 0 Å². The maximum absolute atomic E-state index is 11.5. The molecule has 4 heteroatoms. The van der Waals surface area contributed by atoms with Gasteiger partial charge in [-0.1, -0.05) is 19.9 Å². The van der Waals surface area contributed by atoms with E-state index in [0.29, 0.717) is 5.82 Å². The van der Waals surface area contributed by atoms with Crippen LogP contribution >= 0.6 is 0 Å². The molecule has 0 aromatic carbocycles. The molecule has 2 aromatic rings. The average molecular weight is 229 g/mol. The van der Waals surface area contributed by atoms with Crippen molar-refractivity contribution >= 4 is 0 Å². The molecule has 2 aromatic heterocycles. The van der Waals surface area contributed by atoms with Gasteiger partial charge in [-0.15, -0.1) is 0 Å². The van der Waals surface area contributed by atoms with Gasteiger partial charge < -0.3 is 4.98 Å². The molecule has 0 saturated heterocycles. The number of rotatable bonds is 3. The number of H-pyrrole nitrogens is 1. The summed E-state index contributed by atoms with van der Waals surface area (Å²) in [5, 5.41) is 0. The van der Waals surface area contributed by atoms with Crippen LogP contribution in [0.2, 0.25) is 0 Å². The van der Waals surface area contributed by atoms with Crippen molar-refractivity contribution in [2.24, 2.45) is 0 Å². The Balaban J connectivity index is 2.59. The molecule has 17 heavy (non-hydrogen) atoms. The number of aromatic nitrogens is 3. The van der Waals surface area contributed by atoms with Gasteiger partial charge in [-0.05, 0) is 24.5 Å². The number of nitrogens with zero attached hydrogens (tertiary/aromatic N) is 2. The zero-order valence-corrected chi connectivity index (χ0v) is 10.0. The lowest BCUT2D eigenvalue weighted by molar-refractivity contribution is 0.971. The summed E-state index contributed by atoms with van der Waals surface area (Å²) in [4.78, 5) is 23.0. The fourth-order valence-corrected chi connectivity index (χ4v) is 1.74. The van der Waals surface area contributed by atoms with E-state index in [9.17, 15) is 4.79 Å². The first kappa shape index (κ1) is 11.5. The van der Waals surface area contributed by atoms with Gasteiger partial charge in [-0.25, -0.2) is 4.98 Å². The predicted molar refractivity (Wildman–Crippen MR) is 66.8 cm³/mol. The largest absolute Gasteiger partial charge is 0.305 e. The van der Waals surface area contributed by atoms with Crippen LogP contribution in [-0.4, -0.2) is 15.0 Å². The summed E-state index contributed by atoms with van der Waals surface area (Å²) < 4.78 is 0. The second-order valence-corrected chi connectivity index (χ2v) is 3.80. The second kappa shape index (κ2) is 4.91. The van der Waals surface area contributed by atoms with Crippen LogP contribution in [0.5, 0.6) is 0 Å². The number of hydrogen-bond acceptors (Lipinski definition) is 3. The van der Waals surface area contributed by atoms with Crippen molar-refractivity contribution in [3.05, 3.63) is 46.0 Å². The SMILES string of the molecule is CCc1cc(=O)[nH]c(-c2ncccc2CC)n1. The van der Waals surface area contributed by atoms with Gasteiger partial charge in [-0.2, -0.15) is 0 Å². The molecule has 88 valence electrons. The van der Waals surface area contributed by atoms with Crippen LogP contribution in [0.1, 0.15) is 25.1 Å². The molecule has 0 atom stereocenters. The minimum atomic E-state index is -0.125. The van der Waals surface area contributed by atoms with Crippen LogP contribution in [0.3, 0.4) is 0 Å². The number of pyridine rings is 1. The van der Waals surface area contributed by atoms with Crippen LogP contribution < -0.4 is 5.56 Å². The lowest BCUT2D eigenvalue weighted by atomic mass is 10.1. The van der Waals surface area contributed by atoms with Crippen molar-refractivity contribution in [2.45, 2.75) is 26.7 Å². The van der Waals surface area contributed by atoms with E-state index < -0.39 is 0 Å². The summed E-state index contributed by atoms with van der Waals surface area (Å²) in [5.41, 5.74) is 2.52. The van der Waals surface area contributed by atoms with Gasteiger partial charge in [-0.3, -0.25) is 9.78 Å². The molecular weight excluding hydrogens is 214 g/mol. The van der Waals surface area contributed by atoms with Gasteiger partial charge in [0.25, 0.3) is 5.56 Å². The molecule has 4 nitrogen and oxygen atoms in total. The molecule has 1 N–H and O–H groups in total. The maximum atomic E-state index is 11.5. The Morgan fingerprint density at radius 3 is 2.82 bits per heavy atom. The first-order valence-electron chi connectivity index (χ1n) is 5.79. The molecule has 0 aliphatic carbocycles. The minimum absolute atomic E-state index is 0.125. The van der Waals surface area contributed by atoms with Crippen molar-refractivity contribution in [3.63, 3.8) is 0 Å². The van der Waals surface area contributed by atoms with Gasteiger partial charge in [0.05, 0.1) is 0 Å². The van der Waals surface area contributed by atoms with Crippen LogP contribution in [0.4, 0.5) is 0 Å². The van der Waals surface area contributed by atoms with Gasteiger partial charge in [0.2, 0.25) is 0 Å². The average Bonchev–Trinajstić information content (AvgIpc) is 2.37. The summed E-state index contributed by atoms with van der Waals surface area (Å²) in [7, 11) is 0. The van der Waals surface area contributed by atoms with Gasteiger partial charge in [0.1, 0.15) is 5.69 Å². The molecule has 0 radical (unpaired) electrons. The third kappa shape index (κ3) is 2.41. The molecule has 0 amide bonds. The molecular formula is C13H15N3O. The zero-order valence-electron chi connectivity index (χ0n) is 10.0. The van der Waals surface area contributed by atoms with E-state index in [1.54, 1.807) is 6.20 Å². The molecule has 0 aliphatic rings. The quantitative estimate of drug-likeness (QED) is 0.875. The summed E-state index contributed by atoms with van der Waals surface area (Å²) in [5.74, 6) is 0.562. The molecule has 2 rings (SSSR count). The molecule has 0 aliphatic heterocycles. The smallest absolute Gasteiger partial charge is 0.251 e. The summed E-state index contributed by atoms with van der Waals surface area (Å²) in [6.45, 7) is 4.03. The van der Waals surface area contributed by atoms with Crippen LogP contribution in [0, 0.1) is 0 Å². The highest BCUT2D eigenvalue weighted by molar-refractivity contribution is 5.54. The number of aryl methyl sites for hydroxylation is 2. The Hall–Kier alpha value is -1.97. The fraction of sp³-hybridized carbons (Fsp3) is 0.308. The lowest BCUT2D eigenvalue weighted by Gasteiger charge is -2.06. The monoisotopic (exact) mass is 229 g/mol. The summed E-state index contributed by atoms with van der Waals surface area (Å²) >= 11 is 0. The zero-order chi connectivity index (χ0) is 12.3. The Morgan fingerprint density at radius 1 is 1.29 bits per heavy atom. The topological polar surface area (TPSA) is 58.6 Å². The summed E-state index contributed by atoms with van der Waals surface area (Å²) in [6.07, 6.45) is 3.32. The molecule has 0 fully saturated rings. The van der Waals surface area contributed by atoms with E-state index in [1.165, 1.54) is 6.07 Å². The van der Waals surface area contributed by atoms with Gasteiger partial charge >= 0.3 is 0 Å². The minimum Gasteiger partial charge on any atom is -0.305 e. The Kier molecular flexibility index (Phi) is 3.32. The molecule has 2 heterocycles. The van der Waals surface area contributed by atoms with Crippen molar-refractivity contribution in [2.75, 3.05) is 0 Å². The molecule has 0 bridgehead atoms. The second-order valence-electron chi connectivity index (χ2n) is 3.80. The Labute approximate surface area is 99.8 Å². The summed E-state index contributed by atoms with van der Waals surface area (Å²) in [6, 6.07) is 5.42. The first-order chi connectivity index (χ1) is 8.24. The van der Waals surface area contributed by atoms with Gasteiger partial charge in [0, 0.05) is 18.0 Å². The van der Waals surface area contributed by atoms with Crippen LogP contribution in [0.25, 0.3) is 11.5 Å². The Morgan fingerprint density at radius 2 is 2.12 bits per heavy atom. The highest BCUT2D eigenvalue weighted by Crippen LogP contribution is 2.16. The van der Waals surface area contributed by atoms with E-state index in [-0.39, 0.29) is 5.56 Å². The maximum Gasteiger partial charge on any atom is 0.251 e. The number of aromatic amines is 1. The number of hydrogen-bond donors (Lipinski definition) is 1. The predicted octanol–water partition coefficient (Wildman–Crippen LogP) is 1.96. The molecule has 0 saturated carbocycles. The van der Waals surface area contributed by atoms with E-state index in [0.717, 1.165) is 29.8 Å². The van der Waals surface area contributed by atoms with Crippen molar-refractivity contribution < 1.29 is 0 Å². The third-order valence-electron chi connectivity index (χ3n) is 2.65. The van der Waals surface area contributed by atoms with Gasteiger partial charge in [0.15, 0.2) is 5.82 Å². The highest BCUT2D eigenvalue weighted by atomic mass is 16.1. The first-order valence-corrected chi connectivity index (χ1v) is 5.79. The van der Waals surface area contributed by atoms with Crippen LogP contribution in [0.15, 0.2) is 29.2 Å². The standard InChI is InChI=1S/C13H15N3O/c1-3-9-6-5-7-14-12(9)13-15-10(4-2)8-11(17)16-13/h5-8H,3-4H2,1-2H3,(H,15,16,17). The highest BCUT2D eigenvalue weighted by Gasteiger charge is 2.08. The normalized spacial score (nSPS) is 10.5. The lowest BCUT2D eigenvalue weighted by Crippen LogP contribution is -2.11. The number of nitrogens with one attached hydrogen (secondary N) is 1. The van der Waals surface area contributed by atoms with E-state index in [2.05, 4.69) is 21.9 Å². The fourth-order valence-electron chi connectivity index (χ4n) is 1.74. The van der Waals surface area contributed by atoms with Crippen molar-refractivity contribution in [1.29, 1.82) is 0 Å². The van der Waals surface area contributed by atoms with E-state index in [4.69, 9.17) is 0 Å². The molecule has 0 unspecified atom stereocenters. The third-order valence-corrected chi connectivity index (χ3v) is 2.65. The van der Waals surface area contributed by atoms with E-state index in [1.807, 2.05) is 19.1 Å². The molecule has 0 spiro atoms. The van der Waals surface area contributed by atoms with Crippen LogP contribution in [-0.2, 0) is 12.8 Å². The van der Waals surface area contributed by atoms with Crippen molar-refractivity contribution in [1.82, 2.24) is 15.0 Å². The Bertz CT molecular complexity index is 575. The van der Waals surface area contributed by atoms with Crippen molar-refractivity contribution in [3.8, 4) is 11.5 Å².